The minimum Gasteiger partial charge on any atom is -0.455 e. The molecule has 0 aliphatic heterocycles. The smallest absolute Gasteiger partial charge is 0.299 e. The number of hydrogen-bond acceptors (Lipinski definition) is 4. The van der Waals surface area contributed by atoms with Gasteiger partial charge in [0.15, 0.2) is 22.4 Å². The van der Waals surface area contributed by atoms with Crippen molar-refractivity contribution in [1.82, 2.24) is 19.5 Å². The third-order valence-corrected chi connectivity index (χ3v) is 11.1. The van der Waals surface area contributed by atoms with Gasteiger partial charge in [0.05, 0.1) is 7.05 Å². The average molecular weight is 741 g/mol. The Labute approximate surface area is 331 Å². The van der Waals surface area contributed by atoms with Crippen molar-refractivity contribution in [3.8, 4) is 39.6 Å². The van der Waals surface area contributed by atoms with E-state index in [1.165, 1.54) is 39.0 Å². The molecule has 0 amide bonds. The van der Waals surface area contributed by atoms with Gasteiger partial charge in [0, 0.05) is 38.3 Å². The van der Waals surface area contributed by atoms with E-state index < -0.39 is 0 Å². The molecular weight excluding hydrogens is 687 g/mol. The van der Waals surface area contributed by atoms with Crippen LogP contribution in [0.4, 0.5) is 0 Å². The highest BCUT2D eigenvalue weighted by Crippen LogP contribution is 2.43. The molecule has 5 aromatic carbocycles. The normalized spacial score (nSPS) is 12.6. The van der Waals surface area contributed by atoms with Crippen molar-refractivity contribution in [3.05, 3.63) is 125 Å². The molecule has 0 bridgehead atoms. The van der Waals surface area contributed by atoms with Crippen LogP contribution in [0.5, 0.6) is 0 Å². The van der Waals surface area contributed by atoms with E-state index in [4.69, 9.17) is 19.4 Å². The zero-order chi connectivity index (χ0) is 39.8. The summed E-state index contributed by atoms with van der Waals surface area (Å²) in [5.74, 6) is 3.95. The molecule has 3 aromatic heterocycles. The molecule has 0 spiro atoms. The largest absolute Gasteiger partial charge is 0.455 e. The summed E-state index contributed by atoms with van der Waals surface area (Å²) < 4.78 is 11.6. The molecular formula is C50H54N5O+. The van der Waals surface area contributed by atoms with Gasteiger partial charge in [-0.25, -0.2) is 19.5 Å². The third-order valence-electron chi connectivity index (χ3n) is 11.1. The van der Waals surface area contributed by atoms with E-state index in [0.717, 1.165) is 61.9 Å². The Morgan fingerprint density at radius 2 is 1.20 bits per heavy atom. The van der Waals surface area contributed by atoms with Gasteiger partial charge >= 0.3 is 0 Å². The number of nitrogens with zero attached hydrogens (tertiary/aromatic N) is 5. The standard InChI is InChI=1S/C50H54N5O/c1-29(2)37-27-34(32-22-24-33(25-23-32)45-51-47(49(6,7)8)53-48(52-45)50(9,10)11)28-38(30(3)4)43(37)55-40-19-15-14-18-39(40)54(12)46(55)42-31(5)21-26-36-35-17-13-16-20-41(35)56-44(36)42/h13-30H,1-12H3/q+1. The van der Waals surface area contributed by atoms with Gasteiger partial charge in [-0.1, -0.05) is 136 Å². The minimum absolute atomic E-state index is 0.195. The fourth-order valence-corrected chi connectivity index (χ4v) is 7.96. The van der Waals surface area contributed by atoms with Crippen LogP contribution in [0.15, 0.2) is 101 Å². The fraction of sp³-hybridized carbons (Fsp3) is 0.320. The zero-order valence-electron chi connectivity index (χ0n) is 35.0. The van der Waals surface area contributed by atoms with Gasteiger partial charge in [0.1, 0.15) is 28.5 Å². The number of aromatic nitrogens is 5. The Hall–Kier alpha value is -5.62. The van der Waals surface area contributed by atoms with Crippen molar-refractivity contribution in [2.75, 3.05) is 0 Å². The molecule has 0 unspecified atom stereocenters. The monoisotopic (exact) mass is 740 g/mol. The molecule has 56 heavy (non-hydrogen) atoms. The Bertz CT molecular complexity index is 2720. The second-order valence-corrected chi connectivity index (χ2v) is 18.1. The van der Waals surface area contributed by atoms with Crippen molar-refractivity contribution >= 4 is 33.0 Å². The van der Waals surface area contributed by atoms with E-state index >= 15 is 0 Å². The van der Waals surface area contributed by atoms with Crippen LogP contribution in [0, 0.1) is 6.92 Å². The Balaban J connectivity index is 1.34. The number of imidazole rings is 1. The highest BCUT2D eigenvalue weighted by Gasteiger charge is 2.34. The molecule has 284 valence electrons. The highest BCUT2D eigenvalue weighted by atomic mass is 16.3. The van der Waals surface area contributed by atoms with E-state index in [2.05, 4.69) is 183 Å². The van der Waals surface area contributed by atoms with Gasteiger partial charge in [-0.15, -0.1) is 0 Å². The summed E-state index contributed by atoms with van der Waals surface area (Å²) in [6.45, 7) is 24.4. The van der Waals surface area contributed by atoms with Crippen LogP contribution in [0.3, 0.4) is 0 Å². The van der Waals surface area contributed by atoms with E-state index in [9.17, 15) is 0 Å². The molecule has 0 atom stereocenters. The Morgan fingerprint density at radius 3 is 1.80 bits per heavy atom. The quantitative estimate of drug-likeness (QED) is 0.159. The third kappa shape index (κ3) is 6.29. The first kappa shape index (κ1) is 37.3. The first-order chi connectivity index (χ1) is 26.5. The molecule has 0 saturated carbocycles. The Kier molecular flexibility index (Phi) is 9.02. The predicted octanol–water partition coefficient (Wildman–Crippen LogP) is 12.7. The minimum atomic E-state index is -0.195. The maximum atomic E-state index is 6.74. The first-order valence-electron chi connectivity index (χ1n) is 20.0. The van der Waals surface area contributed by atoms with Gasteiger partial charge in [0.25, 0.3) is 5.82 Å². The number of para-hydroxylation sites is 3. The summed E-state index contributed by atoms with van der Waals surface area (Å²) >= 11 is 0. The Morgan fingerprint density at radius 1 is 0.625 bits per heavy atom. The molecule has 3 heterocycles. The van der Waals surface area contributed by atoms with Gasteiger partial charge in [-0.3, -0.25) is 0 Å². The lowest BCUT2D eigenvalue weighted by atomic mass is 9.87. The van der Waals surface area contributed by atoms with Crippen LogP contribution in [0.2, 0.25) is 0 Å². The van der Waals surface area contributed by atoms with Gasteiger partial charge < -0.3 is 4.42 Å². The van der Waals surface area contributed by atoms with Crippen LogP contribution < -0.4 is 4.57 Å². The van der Waals surface area contributed by atoms with Crippen LogP contribution in [0.25, 0.3) is 72.6 Å². The summed E-state index contributed by atoms with van der Waals surface area (Å²) in [5.41, 5.74) is 13.2. The number of rotatable bonds is 6. The van der Waals surface area contributed by atoms with Gasteiger partial charge in [0.2, 0.25) is 0 Å². The molecule has 0 radical (unpaired) electrons. The summed E-state index contributed by atoms with van der Waals surface area (Å²) in [6, 6.07) is 35.2. The lowest BCUT2D eigenvalue weighted by molar-refractivity contribution is -0.633. The molecule has 0 fully saturated rings. The summed E-state index contributed by atoms with van der Waals surface area (Å²) in [5, 5.41) is 2.27. The maximum Gasteiger partial charge on any atom is 0.299 e. The summed E-state index contributed by atoms with van der Waals surface area (Å²) in [7, 11) is 2.19. The van der Waals surface area contributed by atoms with E-state index in [-0.39, 0.29) is 22.7 Å². The number of fused-ring (bicyclic) bond motifs is 4. The molecule has 8 rings (SSSR count). The zero-order valence-corrected chi connectivity index (χ0v) is 35.0. The van der Waals surface area contributed by atoms with Crippen molar-refractivity contribution in [2.45, 2.75) is 98.8 Å². The molecule has 0 aliphatic rings. The van der Waals surface area contributed by atoms with Gasteiger partial charge in [-0.2, -0.15) is 4.57 Å². The van der Waals surface area contributed by atoms with Crippen LogP contribution >= 0.6 is 0 Å². The molecule has 0 N–H and O–H groups in total. The lowest BCUT2D eigenvalue weighted by Crippen LogP contribution is -2.30. The SMILES string of the molecule is Cc1ccc2c(oc3ccccc32)c1-c1n(-c2c(C(C)C)cc(-c3ccc(-c4nc(C(C)(C)C)nc(C(C)(C)C)n4)cc3)cc2C(C)C)c2ccccc2[n+]1C. The average Bonchev–Trinajstić information content (AvgIpc) is 3.68. The first-order valence-corrected chi connectivity index (χ1v) is 20.0. The second kappa shape index (κ2) is 13.5. The van der Waals surface area contributed by atoms with Crippen molar-refractivity contribution in [1.29, 1.82) is 0 Å². The van der Waals surface area contributed by atoms with Gasteiger partial charge in [-0.05, 0) is 65.8 Å². The maximum absolute atomic E-state index is 6.74. The van der Waals surface area contributed by atoms with Crippen LogP contribution in [0.1, 0.15) is 109 Å². The number of aryl methyl sites for hydroxylation is 2. The molecule has 8 aromatic rings. The summed E-state index contributed by atoms with van der Waals surface area (Å²) in [6.07, 6.45) is 0. The van der Waals surface area contributed by atoms with E-state index in [0.29, 0.717) is 0 Å². The van der Waals surface area contributed by atoms with Crippen LogP contribution in [-0.2, 0) is 17.9 Å². The number of furan rings is 1. The lowest BCUT2D eigenvalue weighted by Gasteiger charge is -2.23. The van der Waals surface area contributed by atoms with E-state index in [1.54, 1.807) is 0 Å². The van der Waals surface area contributed by atoms with Crippen molar-refractivity contribution in [3.63, 3.8) is 0 Å². The second-order valence-electron chi connectivity index (χ2n) is 18.1. The highest BCUT2D eigenvalue weighted by molar-refractivity contribution is 6.10. The topological polar surface area (TPSA) is 60.6 Å². The van der Waals surface area contributed by atoms with Crippen molar-refractivity contribution in [2.24, 2.45) is 7.05 Å². The number of benzene rings is 5. The predicted molar refractivity (Wildman–Crippen MR) is 232 cm³/mol. The van der Waals surface area contributed by atoms with E-state index in [1.807, 2.05) is 6.07 Å². The number of hydrogen-bond donors (Lipinski definition) is 0. The fourth-order valence-electron chi connectivity index (χ4n) is 7.96. The van der Waals surface area contributed by atoms with Crippen LogP contribution in [-0.4, -0.2) is 19.5 Å². The van der Waals surface area contributed by atoms with Crippen molar-refractivity contribution < 1.29 is 8.98 Å². The molecule has 0 saturated heterocycles. The molecule has 0 aliphatic carbocycles. The molecule has 6 heteroatoms. The summed E-state index contributed by atoms with van der Waals surface area (Å²) in [4.78, 5) is 14.8. The molecule has 6 nitrogen and oxygen atoms in total.